The van der Waals surface area contributed by atoms with E-state index in [0.717, 1.165) is 28.4 Å². The lowest BCUT2D eigenvalue weighted by Crippen LogP contribution is -2.30. The minimum absolute atomic E-state index is 0.0829. The van der Waals surface area contributed by atoms with Crippen molar-refractivity contribution in [1.82, 2.24) is 24.9 Å². The van der Waals surface area contributed by atoms with Gasteiger partial charge in [-0.15, -0.1) is 16.4 Å². The fourth-order valence-electron chi connectivity index (χ4n) is 3.55. The molecule has 1 aliphatic rings. The van der Waals surface area contributed by atoms with Crippen molar-refractivity contribution in [3.05, 3.63) is 27.5 Å². The van der Waals surface area contributed by atoms with Crippen molar-refractivity contribution in [3.8, 4) is 0 Å². The van der Waals surface area contributed by atoms with Crippen LogP contribution in [-0.2, 0) is 0 Å². The molecule has 0 unspecified atom stereocenters. The Morgan fingerprint density at radius 1 is 1.28 bits per heavy atom. The van der Waals surface area contributed by atoms with Crippen molar-refractivity contribution in [2.75, 3.05) is 7.05 Å². The smallest absolute Gasteiger partial charge is 0.276 e. The van der Waals surface area contributed by atoms with Crippen LogP contribution in [0.4, 0.5) is 0 Å². The van der Waals surface area contributed by atoms with Crippen molar-refractivity contribution >= 4 is 17.2 Å². The molecule has 0 saturated heterocycles. The van der Waals surface area contributed by atoms with E-state index in [9.17, 15) is 4.79 Å². The summed E-state index contributed by atoms with van der Waals surface area (Å²) in [5.74, 6) is -0.0996. The quantitative estimate of drug-likeness (QED) is 0.770. The minimum atomic E-state index is -0.0996. The lowest BCUT2D eigenvalue weighted by atomic mass is 10.1. The van der Waals surface area contributed by atoms with Gasteiger partial charge in [0, 0.05) is 11.9 Å². The van der Waals surface area contributed by atoms with Crippen LogP contribution in [0.1, 0.15) is 83.6 Å². The van der Waals surface area contributed by atoms with Crippen LogP contribution < -0.4 is 0 Å². The zero-order chi connectivity index (χ0) is 18.0. The first-order valence-electron chi connectivity index (χ1n) is 9.10. The molecule has 1 saturated carbocycles. The minimum Gasteiger partial charge on any atom is -0.332 e. The predicted octanol–water partition coefficient (Wildman–Crippen LogP) is 4.08. The van der Waals surface area contributed by atoms with Crippen LogP contribution in [-0.4, -0.2) is 37.8 Å². The molecular weight excluding hydrogens is 334 g/mol. The number of rotatable bonds is 4. The van der Waals surface area contributed by atoms with Gasteiger partial charge in [-0.25, -0.2) is 9.67 Å². The Morgan fingerprint density at radius 2 is 1.96 bits per heavy atom. The molecule has 2 heterocycles. The Kier molecular flexibility index (Phi) is 5.51. The average molecular weight is 362 g/mol. The molecule has 1 fully saturated rings. The van der Waals surface area contributed by atoms with Crippen LogP contribution in [0.25, 0.3) is 0 Å². The zero-order valence-corrected chi connectivity index (χ0v) is 16.3. The van der Waals surface area contributed by atoms with Crippen LogP contribution in [0.2, 0.25) is 0 Å². The largest absolute Gasteiger partial charge is 0.332 e. The van der Waals surface area contributed by atoms with E-state index >= 15 is 0 Å². The molecule has 7 heteroatoms. The molecule has 3 rings (SSSR count). The van der Waals surface area contributed by atoms with Crippen molar-refractivity contribution in [2.24, 2.45) is 0 Å². The summed E-state index contributed by atoms with van der Waals surface area (Å²) < 4.78 is 1.90. The Labute approximate surface area is 153 Å². The van der Waals surface area contributed by atoms with Gasteiger partial charge < -0.3 is 4.90 Å². The summed E-state index contributed by atoms with van der Waals surface area (Å²) in [4.78, 5) is 20.3. The summed E-state index contributed by atoms with van der Waals surface area (Å²) in [6.45, 7) is 6.06. The van der Waals surface area contributed by atoms with Gasteiger partial charge in [-0.1, -0.05) is 30.9 Å². The summed E-state index contributed by atoms with van der Waals surface area (Å²) in [5.41, 5.74) is 1.39. The fraction of sp³-hybridized carbons (Fsp3) is 0.667. The van der Waals surface area contributed by atoms with Crippen molar-refractivity contribution in [2.45, 2.75) is 71.4 Å². The van der Waals surface area contributed by atoms with E-state index in [4.69, 9.17) is 0 Å². The van der Waals surface area contributed by atoms with Crippen molar-refractivity contribution in [3.63, 3.8) is 0 Å². The van der Waals surface area contributed by atoms with Gasteiger partial charge in [-0.05, 0) is 33.6 Å². The van der Waals surface area contributed by atoms with E-state index in [2.05, 4.69) is 22.2 Å². The molecule has 2 aromatic heterocycles. The summed E-state index contributed by atoms with van der Waals surface area (Å²) >= 11 is 1.67. The highest BCUT2D eigenvalue weighted by Gasteiger charge is 2.25. The van der Waals surface area contributed by atoms with Crippen molar-refractivity contribution < 1.29 is 4.79 Å². The molecule has 6 nitrogen and oxygen atoms in total. The van der Waals surface area contributed by atoms with Crippen LogP contribution in [0.3, 0.4) is 0 Å². The van der Waals surface area contributed by atoms with Crippen LogP contribution in [0.15, 0.2) is 6.20 Å². The maximum absolute atomic E-state index is 12.8. The summed E-state index contributed by atoms with van der Waals surface area (Å²) in [5, 5.41) is 9.42. The molecule has 0 N–H and O–H groups in total. The molecule has 0 spiro atoms. The number of aryl methyl sites for hydroxylation is 2. The number of thiazole rings is 1. The third-order valence-corrected chi connectivity index (χ3v) is 6.07. The normalized spacial score (nSPS) is 17.3. The van der Waals surface area contributed by atoms with E-state index in [1.165, 1.54) is 25.7 Å². The number of aromatic nitrogens is 4. The Hall–Kier alpha value is -1.76. The standard InChI is InChI=1S/C18H27N5OS/c1-12(17-13(2)25-14(3)19-17)22(4)18(24)16-11-23(21-20-16)15-9-7-5-6-8-10-15/h11-12,15H,5-10H2,1-4H3/t12-/m1/s1. The van der Waals surface area contributed by atoms with Gasteiger partial charge in [-0.3, -0.25) is 4.79 Å². The van der Waals surface area contributed by atoms with Crippen LogP contribution in [0.5, 0.6) is 0 Å². The molecule has 0 bridgehead atoms. The molecule has 2 aromatic rings. The monoisotopic (exact) mass is 361 g/mol. The van der Waals surface area contributed by atoms with Gasteiger partial charge in [0.15, 0.2) is 5.69 Å². The SMILES string of the molecule is Cc1nc([C@@H](C)N(C)C(=O)c2cn(C3CCCCCC3)nn2)c(C)s1. The highest BCUT2D eigenvalue weighted by atomic mass is 32.1. The van der Waals surface area contributed by atoms with E-state index in [0.29, 0.717) is 11.7 Å². The highest BCUT2D eigenvalue weighted by Crippen LogP contribution is 2.28. The molecule has 136 valence electrons. The third-order valence-electron chi connectivity index (χ3n) is 5.16. The Morgan fingerprint density at radius 3 is 2.56 bits per heavy atom. The van der Waals surface area contributed by atoms with Gasteiger partial charge in [0.05, 0.1) is 29.0 Å². The number of hydrogen-bond donors (Lipinski definition) is 0. The predicted molar refractivity (Wildman–Crippen MR) is 98.9 cm³/mol. The first kappa shape index (κ1) is 18.0. The van der Waals surface area contributed by atoms with E-state index < -0.39 is 0 Å². The lowest BCUT2D eigenvalue weighted by molar-refractivity contribution is 0.0733. The second-order valence-corrected chi connectivity index (χ2v) is 8.40. The molecule has 0 radical (unpaired) electrons. The Balaban J connectivity index is 1.73. The molecule has 25 heavy (non-hydrogen) atoms. The van der Waals surface area contributed by atoms with E-state index in [1.807, 2.05) is 31.8 Å². The lowest BCUT2D eigenvalue weighted by Gasteiger charge is -2.23. The summed E-state index contributed by atoms with van der Waals surface area (Å²) in [7, 11) is 1.81. The third kappa shape index (κ3) is 3.92. The molecule has 0 aromatic carbocycles. The molecular formula is C18H27N5OS. The second-order valence-electron chi connectivity index (χ2n) is 7.00. The highest BCUT2D eigenvalue weighted by molar-refractivity contribution is 7.11. The molecule has 0 aliphatic heterocycles. The fourth-order valence-corrected chi connectivity index (χ4v) is 4.46. The maximum Gasteiger partial charge on any atom is 0.276 e. The number of carbonyl (C=O) groups excluding carboxylic acids is 1. The number of amides is 1. The molecule has 1 atom stereocenters. The topological polar surface area (TPSA) is 63.9 Å². The zero-order valence-electron chi connectivity index (χ0n) is 15.5. The van der Waals surface area contributed by atoms with Crippen LogP contribution >= 0.6 is 11.3 Å². The van der Waals surface area contributed by atoms with Gasteiger partial charge in [-0.2, -0.15) is 0 Å². The summed E-state index contributed by atoms with van der Waals surface area (Å²) in [6.07, 6.45) is 9.12. The molecule has 1 amide bonds. The van der Waals surface area contributed by atoms with E-state index in [1.54, 1.807) is 16.2 Å². The summed E-state index contributed by atoms with van der Waals surface area (Å²) in [6, 6.07) is 0.295. The maximum atomic E-state index is 12.8. The van der Waals surface area contributed by atoms with Gasteiger partial charge in [0.1, 0.15) is 0 Å². The number of carbonyl (C=O) groups is 1. The molecule has 1 aliphatic carbocycles. The average Bonchev–Trinajstić information content (AvgIpc) is 3.10. The first-order valence-corrected chi connectivity index (χ1v) is 9.92. The van der Waals surface area contributed by atoms with Gasteiger partial charge in [0.2, 0.25) is 0 Å². The first-order chi connectivity index (χ1) is 12.0. The van der Waals surface area contributed by atoms with Gasteiger partial charge in [0.25, 0.3) is 5.91 Å². The van der Waals surface area contributed by atoms with E-state index in [-0.39, 0.29) is 11.9 Å². The number of nitrogens with zero attached hydrogens (tertiary/aromatic N) is 5. The Bertz CT molecular complexity index is 730. The number of hydrogen-bond acceptors (Lipinski definition) is 5. The van der Waals surface area contributed by atoms with Crippen LogP contribution in [0, 0.1) is 13.8 Å². The van der Waals surface area contributed by atoms with Gasteiger partial charge >= 0.3 is 0 Å². The van der Waals surface area contributed by atoms with Crippen molar-refractivity contribution in [1.29, 1.82) is 0 Å². The second kappa shape index (κ2) is 7.64.